The number of methoxy groups -OCH3 is 1. The number of nitrogens with zero attached hydrogens (tertiary/aromatic N) is 2. The lowest BCUT2D eigenvalue weighted by atomic mass is 9.99. The van der Waals surface area contributed by atoms with Crippen LogP contribution in [0, 0.1) is 0 Å². The second kappa shape index (κ2) is 6.95. The third kappa shape index (κ3) is 2.92. The summed E-state index contributed by atoms with van der Waals surface area (Å²) in [6, 6.07) is 9.28. The molecule has 1 aromatic carbocycles. The van der Waals surface area contributed by atoms with E-state index >= 15 is 0 Å². The summed E-state index contributed by atoms with van der Waals surface area (Å²) in [4.78, 5) is 42.6. The van der Waals surface area contributed by atoms with E-state index in [0.717, 1.165) is 5.56 Å². The van der Waals surface area contributed by atoms with Gasteiger partial charge in [-0.25, -0.2) is 9.79 Å². The number of carbonyl (C=O) groups excluding carboxylic acids is 3. The van der Waals surface area contributed by atoms with Crippen LogP contribution >= 0.6 is 0 Å². The van der Waals surface area contributed by atoms with Gasteiger partial charge in [-0.15, -0.1) is 0 Å². The minimum absolute atomic E-state index is 0.123. The van der Waals surface area contributed by atoms with Crippen molar-refractivity contribution in [3.63, 3.8) is 0 Å². The first-order chi connectivity index (χ1) is 12.5. The second-order valence-electron chi connectivity index (χ2n) is 5.73. The molecule has 1 unspecified atom stereocenters. The fourth-order valence-electron chi connectivity index (χ4n) is 2.94. The van der Waals surface area contributed by atoms with E-state index in [4.69, 9.17) is 9.47 Å². The molecule has 1 aliphatic carbocycles. The minimum atomic E-state index is -1.38. The van der Waals surface area contributed by atoms with E-state index in [9.17, 15) is 14.4 Å². The van der Waals surface area contributed by atoms with Gasteiger partial charge in [0.2, 0.25) is 11.4 Å². The highest BCUT2D eigenvalue weighted by atomic mass is 16.5. The molecule has 0 aromatic heterocycles. The molecule has 1 amide bonds. The summed E-state index contributed by atoms with van der Waals surface area (Å²) >= 11 is 0. The number of amides is 1. The zero-order valence-electron chi connectivity index (χ0n) is 14.5. The molecular weight excluding hydrogens is 336 g/mol. The van der Waals surface area contributed by atoms with Crippen molar-refractivity contribution < 1.29 is 23.9 Å². The maximum atomic E-state index is 12.9. The zero-order valence-corrected chi connectivity index (χ0v) is 14.5. The minimum Gasteiger partial charge on any atom is -0.496 e. The smallest absolute Gasteiger partial charge is 0.362 e. The Morgan fingerprint density at radius 2 is 1.96 bits per heavy atom. The number of allylic oxidation sites excluding steroid dienone is 2. The van der Waals surface area contributed by atoms with Crippen LogP contribution in [0.1, 0.15) is 12.5 Å². The van der Waals surface area contributed by atoms with E-state index in [-0.39, 0.29) is 30.4 Å². The number of ketones is 1. The van der Waals surface area contributed by atoms with Gasteiger partial charge in [0.1, 0.15) is 0 Å². The van der Waals surface area contributed by atoms with E-state index in [1.807, 2.05) is 30.3 Å². The molecule has 1 atom stereocenters. The fourth-order valence-corrected chi connectivity index (χ4v) is 2.94. The Morgan fingerprint density at radius 1 is 1.23 bits per heavy atom. The summed E-state index contributed by atoms with van der Waals surface area (Å²) in [6.45, 7) is 1.96. The van der Waals surface area contributed by atoms with Crippen LogP contribution in [-0.2, 0) is 30.4 Å². The third-order valence-electron chi connectivity index (χ3n) is 4.13. The summed E-state index contributed by atoms with van der Waals surface area (Å²) in [5.41, 5.74) is -0.844. The summed E-state index contributed by atoms with van der Waals surface area (Å²) < 4.78 is 10.3. The van der Waals surface area contributed by atoms with Crippen LogP contribution in [0.15, 0.2) is 59.3 Å². The quantitative estimate of drug-likeness (QED) is 0.746. The maximum absolute atomic E-state index is 12.9. The summed E-state index contributed by atoms with van der Waals surface area (Å²) in [7, 11) is 1.39. The molecule has 0 saturated carbocycles. The van der Waals surface area contributed by atoms with Crippen molar-refractivity contribution in [2.45, 2.75) is 19.1 Å². The van der Waals surface area contributed by atoms with Gasteiger partial charge in [-0.1, -0.05) is 30.3 Å². The lowest BCUT2D eigenvalue weighted by Crippen LogP contribution is -2.48. The average molecular weight is 354 g/mol. The van der Waals surface area contributed by atoms with Crippen molar-refractivity contribution in [3.8, 4) is 0 Å². The van der Waals surface area contributed by atoms with Crippen LogP contribution in [0.5, 0.6) is 0 Å². The van der Waals surface area contributed by atoms with Gasteiger partial charge in [-0.05, 0) is 24.6 Å². The molecule has 0 fully saturated rings. The van der Waals surface area contributed by atoms with Crippen LogP contribution < -0.4 is 0 Å². The number of hydrogen-bond donors (Lipinski definition) is 0. The first-order valence-electron chi connectivity index (χ1n) is 8.14. The molecule has 0 bridgehead atoms. The molecule has 7 nitrogen and oxygen atoms in total. The summed E-state index contributed by atoms with van der Waals surface area (Å²) in [5, 5.41) is 0. The normalized spacial score (nSPS) is 21.7. The summed E-state index contributed by atoms with van der Waals surface area (Å²) in [6.07, 6.45) is 4.05. The molecule has 1 heterocycles. The SMILES string of the molecule is CCOC(=O)C1=NC2(C=CC(=O)C=C2OC)N(Cc2ccccc2)C1=O. The molecular formula is C19H18N2O5. The standard InChI is InChI=1S/C19H18N2O5/c1-3-26-18(24)16-17(23)21(12-13-7-5-4-6-8-13)19(20-16)10-9-14(22)11-15(19)25-2/h4-11H,3,12H2,1-2H3. The van der Waals surface area contributed by atoms with Crippen molar-refractivity contribution in [1.82, 2.24) is 4.90 Å². The molecule has 0 N–H and O–H groups in total. The number of hydrogen-bond acceptors (Lipinski definition) is 6. The van der Waals surface area contributed by atoms with Gasteiger partial charge in [0.05, 0.1) is 13.7 Å². The number of benzene rings is 1. The molecule has 2 aliphatic rings. The number of esters is 1. The molecule has 134 valence electrons. The van der Waals surface area contributed by atoms with E-state index in [1.54, 1.807) is 6.92 Å². The highest BCUT2D eigenvalue weighted by Gasteiger charge is 2.52. The Bertz CT molecular complexity index is 841. The first-order valence-corrected chi connectivity index (χ1v) is 8.14. The highest BCUT2D eigenvalue weighted by Crippen LogP contribution is 2.37. The Hall–Kier alpha value is -3.22. The van der Waals surface area contributed by atoms with Gasteiger partial charge in [-0.3, -0.25) is 14.5 Å². The molecule has 3 rings (SSSR count). The molecule has 7 heteroatoms. The Kier molecular flexibility index (Phi) is 4.71. The van der Waals surface area contributed by atoms with Gasteiger partial charge in [0.15, 0.2) is 11.5 Å². The number of ether oxygens (including phenoxy) is 2. The Balaban J connectivity index is 2.08. The van der Waals surface area contributed by atoms with E-state index in [1.165, 1.54) is 30.2 Å². The van der Waals surface area contributed by atoms with Gasteiger partial charge in [0, 0.05) is 12.6 Å². The van der Waals surface area contributed by atoms with Gasteiger partial charge in [0.25, 0.3) is 5.91 Å². The zero-order chi connectivity index (χ0) is 18.7. The predicted molar refractivity (Wildman–Crippen MR) is 93.0 cm³/mol. The molecule has 1 spiro atoms. The van der Waals surface area contributed by atoms with Gasteiger partial charge >= 0.3 is 5.97 Å². The van der Waals surface area contributed by atoms with Crippen LogP contribution in [0.3, 0.4) is 0 Å². The van der Waals surface area contributed by atoms with Gasteiger partial charge in [-0.2, -0.15) is 0 Å². The fraction of sp³-hybridized carbons (Fsp3) is 0.263. The van der Waals surface area contributed by atoms with E-state index in [0.29, 0.717) is 0 Å². The van der Waals surface area contributed by atoms with E-state index < -0.39 is 17.5 Å². The van der Waals surface area contributed by atoms with Crippen molar-refractivity contribution in [3.05, 3.63) is 59.9 Å². The molecule has 0 saturated heterocycles. The molecule has 1 aromatic rings. The Labute approximate surface area is 150 Å². The average Bonchev–Trinajstić information content (AvgIpc) is 2.92. The topological polar surface area (TPSA) is 85.3 Å². The van der Waals surface area contributed by atoms with Crippen molar-refractivity contribution in [2.75, 3.05) is 13.7 Å². The van der Waals surface area contributed by atoms with Gasteiger partial charge < -0.3 is 9.47 Å². The van der Waals surface area contributed by atoms with Crippen LogP contribution in [-0.4, -0.2) is 47.7 Å². The predicted octanol–water partition coefficient (Wildman–Crippen LogP) is 1.40. The van der Waals surface area contributed by atoms with Crippen molar-refractivity contribution >= 4 is 23.4 Å². The second-order valence-corrected chi connectivity index (χ2v) is 5.73. The lowest BCUT2D eigenvalue weighted by molar-refractivity contribution is -0.136. The molecule has 1 aliphatic heterocycles. The number of carbonyl (C=O) groups is 3. The number of aliphatic imine (C=N–C) groups is 1. The third-order valence-corrected chi connectivity index (χ3v) is 4.13. The molecule has 26 heavy (non-hydrogen) atoms. The summed E-state index contributed by atoms with van der Waals surface area (Å²) in [5.74, 6) is -1.48. The van der Waals surface area contributed by atoms with Crippen LogP contribution in [0.25, 0.3) is 0 Å². The first kappa shape index (κ1) is 17.6. The van der Waals surface area contributed by atoms with Crippen LogP contribution in [0.2, 0.25) is 0 Å². The monoisotopic (exact) mass is 354 g/mol. The van der Waals surface area contributed by atoms with Crippen molar-refractivity contribution in [1.29, 1.82) is 0 Å². The van der Waals surface area contributed by atoms with Crippen molar-refractivity contribution in [2.24, 2.45) is 4.99 Å². The lowest BCUT2D eigenvalue weighted by Gasteiger charge is -2.35. The van der Waals surface area contributed by atoms with E-state index in [2.05, 4.69) is 4.99 Å². The Morgan fingerprint density at radius 3 is 2.62 bits per heavy atom. The highest BCUT2D eigenvalue weighted by molar-refractivity contribution is 6.65. The number of rotatable bonds is 5. The maximum Gasteiger partial charge on any atom is 0.362 e. The van der Waals surface area contributed by atoms with Crippen LogP contribution in [0.4, 0.5) is 0 Å². The molecule has 0 radical (unpaired) electrons. The largest absolute Gasteiger partial charge is 0.496 e.